The highest BCUT2D eigenvalue weighted by Crippen LogP contribution is 2.60. The summed E-state index contributed by atoms with van der Waals surface area (Å²) in [6.07, 6.45) is -11.2. The average molecular weight is 555 g/mol. The van der Waals surface area contributed by atoms with Gasteiger partial charge in [-0.2, -0.15) is 44.6 Å². The SMILES string of the molecule is CCC1=CC(O)(C(F)(F)C(F)(F)C(F)(F)C(F)(F)F)c2cnn([C@@H]3O[C@H](CO)[C@H]4OC(C)(C)O[C@H]43)c2N1. The standard InChI is InChI=1S/C20H22F9N3O5/c1-4-8-5-16(34,17(21,22)18(23,24)19(25,26)20(27,28)29)9-6-30-32(13(9)31-8)14-12-11(10(7-33)35-14)36-15(2,3)37-12/h5-6,10-12,14,31,33-34H,4,7H2,1-3H3/t10-,11-,12-,14-,16?/m1/s1. The number of ether oxygens (including phenoxy) is 3. The molecule has 4 rings (SSSR count). The van der Waals surface area contributed by atoms with E-state index >= 15 is 8.78 Å². The predicted octanol–water partition coefficient (Wildman–Crippen LogP) is 3.67. The molecule has 1 aromatic rings. The van der Waals surface area contributed by atoms with E-state index in [1.165, 1.54) is 20.8 Å². The number of alkyl halides is 9. The first-order chi connectivity index (χ1) is 16.8. The molecular weight excluding hydrogens is 533 g/mol. The molecule has 17 heteroatoms. The Bertz CT molecular complexity index is 1090. The summed E-state index contributed by atoms with van der Waals surface area (Å²) in [6, 6.07) is 0. The highest BCUT2D eigenvalue weighted by atomic mass is 19.4. The number of halogens is 9. The maximum atomic E-state index is 15.1. The van der Waals surface area contributed by atoms with Crippen LogP contribution in [0, 0.1) is 0 Å². The van der Waals surface area contributed by atoms with Crippen LogP contribution in [0.15, 0.2) is 18.0 Å². The Kier molecular flexibility index (Phi) is 6.20. The molecule has 3 N–H and O–H groups in total. The first-order valence-corrected chi connectivity index (χ1v) is 10.9. The van der Waals surface area contributed by atoms with E-state index < -0.39 is 83.6 Å². The van der Waals surface area contributed by atoms with Gasteiger partial charge in [-0.05, 0) is 26.3 Å². The molecule has 5 atom stereocenters. The zero-order valence-electron chi connectivity index (χ0n) is 19.3. The third-order valence-corrected chi connectivity index (χ3v) is 6.42. The number of nitrogens with zero attached hydrogens (tertiary/aromatic N) is 2. The number of rotatable bonds is 6. The van der Waals surface area contributed by atoms with Crippen molar-refractivity contribution < 1.29 is 63.9 Å². The molecule has 3 aliphatic rings. The molecule has 1 aromatic heterocycles. The number of hydrogen-bond acceptors (Lipinski definition) is 7. The van der Waals surface area contributed by atoms with Crippen LogP contribution in [-0.4, -0.2) is 74.6 Å². The largest absolute Gasteiger partial charge is 0.460 e. The number of allylic oxidation sites excluding steroid dienone is 1. The molecule has 0 spiro atoms. The lowest BCUT2D eigenvalue weighted by Crippen LogP contribution is -2.67. The fourth-order valence-electron chi connectivity index (χ4n) is 4.54. The third-order valence-electron chi connectivity index (χ3n) is 6.42. The van der Waals surface area contributed by atoms with Crippen molar-refractivity contribution in [3.63, 3.8) is 0 Å². The monoisotopic (exact) mass is 555 g/mol. The van der Waals surface area contributed by atoms with Gasteiger partial charge in [0.15, 0.2) is 17.6 Å². The minimum absolute atomic E-state index is 0.0504. The van der Waals surface area contributed by atoms with Crippen molar-refractivity contribution in [3.05, 3.63) is 23.5 Å². The Balaban J connectivity index is 1.83. The second kappa shape index (κ2) is 8.21. The summed E-state index contributed by atoms with van der Waals surface area (Å²) in [5.41, 5.74) is -6.01. The van der Waals surface area contributed by atoms with Crippen molar-refractivity contribution in [1.82, 2.24) is 9.78 Å². The summed E-state index contributed by atoms with van der Waals surface area (Å²) in [4.78, 5) is 0. The Morgan fingerprint density at radius 1 is 1.03 bits per heavy atom. The van der Waals surface area contributed by atoms with Crippen molar-refractivity contribution >= 4 is 5.82 Å². The van der Waals surface area contributed by atoms with Gasteiger partial charge in [0, 0.05) is 5.70 Å². The quantitative estimate of drug-likeness (QED) is 0.461. The van der Waals surface area contributed by atoms with Crippen LogP contribution >= 0.6 is 0 Å². The van der Waals surface area contributed by atoms with Crippen molar-refractivity contribution in [1.29, 1.82) is 0 Å². The molecule has 3 aliphatic heterocycles. The fourth-order valence-corrected chi connectivity index (χ4v) is 4.54. The van der Waals surface area contributed by atoms with Gasteiger partial charge in [-0.15, -0.1) is 0 Å². The van der Waals surface area contributed by atoms with Gasteiger partial charge in [-0.25, -0.2) is 4.68 Å². The van der Waals surface area contributed by atoms with Crippen molar-refractivity contribution in [2.75, 3.05) is 11.9 Å². The van der Waals surface area contributed by atoms with Crippen LogP contribution in [-0.2, 0) is 19.8 Å². The van der Waals surface area contributed by atoms with E-state index in [0.717, 1.165) is 4.68 Å². The molecule has 2 fully saturated rings. The van der Waals surface area contributed by atoms with Crippen LogP contribution < -0.4 is 5.32 Å². The number of nitrogens with one attached hydrogen (secondary N) is 1. The van der Waals surface area contributed by atoms with Gasteiger partial charge in [0.1, 0.15) is 24.1 Å². The molecule has 0 amide bonds. The number of anilines is 1. The van der Waals surface area contributed by atoms with Crippen LogP contribution in [0.4, 0.5) is 45.3 Å². The lowest BCUT2D eigenvalue weighted by Gasteiger charge is -2.43. The molecule has 210 valence electrons. The van der Waals surface area contributed by atoms with Gasteiger partial charge >= 0.3 is 23.9 Å². The second-order valence-corrected chi connectivity index (χ2v) is 9.30. The number of fused-ring (bicyclic) bond motifs is 2. The highest BCUT2D eigenvalue weighted by Gasteiger charge is 2.86. The van der Waals surface area contributed by atoms with E-state index in [1.54, 1.807) is 0 Å². The normalized spacial score (nSPS) is 32.1. The molecule has 0 aromatic carbocycles. The minimum atomic E-state index is -7.21. The Morgan fingerprint density at radius 2 is 1.62 bits per heavy atom. The summed E-state index contributed by atoms with van der Waals surface area (Å²) in [7, 11) is 0. The van der Waals surface area contributed by atoms with E-state index in [1.807, 2.05) is 0 Å². The van der Waals surface area contributed by atoms with Gasteiger partial charge in [0.25, 0.3) is 0 Å². The summed E-state index contributed by atoms with van der Waals surface area (Å²) in [5.74, 6) is -22.5. The van der Waals surface area contributed by atoms with Crippen molar-refractivity contribution in [2.24, 2.45) is 0 Å². The van der Waals surface area contributed by atoms with Gasteiger partial charge in [-0.3, -0.25) is 0 Å². The molecule has 0 bridgehead atoms. The first kappa shape index (κ1) is 27.9. The Labute approximate surface area is 203 Å². The summed E-state index contributed by atoms with van der Waals surface area (Å²) in [6.45, 7) is 3.77. The van der Waals surface area contributed by atoms with Crippen LogP contribution in [0.25, 0.3) is 0 Å². The van der Waals surface area contributed by atoms with E-state index in [-0.39, 0.29) is 12.5 Å². The minimum Gasteiger partial charge on any atom is -0.394 e. The van der Waals surface area contributed by atoms with Crippen molar-refractivity contribution in [3.8, 4) is 0 Å². The molecule has 4 heterocycles. The molecule has 8 nitrogen and oxygen atoms in total. The maximum absolute atomic E-state index is 15.1. The van der Waals surface area contributed by atoms with Crippen LogP contribution in [0.1, 0.15) is 39.0 Å². The molecule has 0 aliphatic carbocycles. The summed E-state index contributed by atoms with van der Waals surface area (Å²) >= 11 is 0. The molecule has 2 saturated heterocycles. The number of hydrogen-bond donors (Lipinski definition) is 3. The average Bonchev–Trinajstić information content (AvgIpc) is 3.42. The van der Waals surface area contributed by atoms with Crippen LogP contribution in [0.3, 0.4) is 0 Å². The molecule has 0 radical (unpaired) electrons. The van der Waals surface area contributed by atoms with Crippen molar-refractivity contribution in [2.45, 2.75) is 87.1 Å². The van der Waals surface area contributed by atoms with Crippen LogP contribution in [0.5, 0.6) is 0 Å². The number of aromatic nitrogens is 2. The lowest BCUT2D eigenvalue weighted by molar-refractivity contribution is -0.414. The van der Waals surface area contributed by atoms with Gasteiger partial charge in [-0.1, -0.05) is 6.92 Å². The maximum Gasteiger partial charge on any atom is 0.460 e. The first-order valence-electron chi connectivity index (χ1n) is 10.9. The van der Waals surface area contributed by atoms with E-state index in [9.17, 15) is 40.9 Å². The second-order valence-electron chi connectivity index (χ2n) is 9.30. The van der Waals surface area contributed by atoms with E-state index in [2.05, 4.69) is 10.4 Å². The smallest absolute Gasteiger partial charge is 0.394 e. The zero-order valence-corrected chi connectivity index (χ0v) is 19.3. The predicted molar refractivity (Wildman–Crippen MR) is 104 cm³/mol. The number of aliphatic hydroxyl groups is 2. The molecule has 0 saturated carbocycles. The highest BCUT2D eigenvalue weighted by molar-refractivity contribution is 5.59. The van der Waals surface area contributed by atoms with E-state index in [0.29, 0.717) is 6.20 Å². The van der Waals surface area contributed by atoms with Crippen LogP contribution in [0.2, 0.25) is 0 Å². The Morgan fingerprint density at radius 3 is 2.16 bits per heavy atom. The van der Waals surface area contributed by atoms with Gasteiger partial charge in [0.2, 0.25) is 0 Å². The molecular formula is C20H22F9N3O5. The van der Waals surface area contributed by atoms with Gasteiger partial charge < -0.3 is 29.7 Å². The summed E-state index contributed by atoms with van der Waals surface area (Å²) < 4.78 is 142. The zero-order chi connectivity index (χ0) is 28.0. The summed E-state index contributed by atoms with van der Waals surface area (Å²) in [5, 5.41) is 26.7. The lowest BCUT2D eigenvalue weighted by atomic mass is 9.80. The topological polar surface area (TPSA) is 98.0 Å². The Hall–Kier alpha value is -2.08. The van der Waals surface area contributed by atoms with E-state index in [4.69, 9.17) is 14.2 Å². The molecule has 1 unspecified atom stereocenters. The third kappa shape index (κ3) is 3.76. The van der Waals surface area contributed by atoms with Gasteiger partial charge in [0.05, 0.1) is 18.4 Å². The fraction of sp³-hybridized carbons (Fsp3) is 0.750. The molecule has 37 heavy (non-hydrogen) atoms. The number of aliphatic hydroxyl groups excluding tert-OH is 1.